The van der Waals surface area contributed by atoms with Crippen molar-refractivity contribution in [3.05, 3.63) is 106 Å². The third-order valence-corrected chi connectivity index (χ3v) is 4.37. The predicted octanol–water partition coefficient (Wildman–Crippen LogP) is 6.19. The first-order valence-corrected chi connectivity index (χ1v) is 8.52. The number of carbonyl (C=O) groups excluding carboxylic acids is 2. The molecule has 30 heavy (non-hydrogen) atoms. The molecule has 0 saturated heterocycles. The molecule has 2 nitrogen and oxygen atoms in total. The molecule has 0 radical (unpaired) electrons. The van der Waals surface area contributed by atoms with Crippen LogP contribution in [0.5, 0.6) is 0 Å². The van der Waals surface area contributed by atoms with Gasteiger partial charge in [0.25, 0.3) is 0 Å². The van der Waals surface area contributed by atoms with E-state index in [-0.39, 0.29) is 0 Å². The summed E-state index contributed by atoms with van der Waals surface area (Å²) in [4.78, 5) is 25.8. The van der Waals surface area contributed by atoms with Crippen LogP contribution in [-0.4, -0.2) is 11.6 Å². The van der Waals surface area contributed by atoms with Gasteiger partial charge in [0.1, 0.15) is 0 Å². The van der Waals surface area contributed by atoms with Gasteiger partial charge >= 0.3 is 12.4 Å². The highest BCUT2D eigenvalue weighted by Crippen LogP contribution is 2.35. The Labute approximate surface area is 166 Å². The van der Waals surface area contributed by atoms with Crippen molar-refractivity contribution >= 4 is 11.6 Å². The maximum atomic E-state index is 13.3. The van der Waals surface area contributed by atoms with Crippen LogP contribution in [0.3, 0.4) is 0 Å². The quantitative estimate of drug-likeness (QED) is 0.371. The second-order valence-electron chi connectivity index (χ2n) is 6.29. The Hall–Kier alpha value is -3.42. The smallest absolute Gasteiger partial charge is 0.289 e. The Morgan fingerprint density at radius 3 is 1.03 bits per heavy atom. The van der Waals surface area contributed by atoms with Crippen LogP contribution >= 0.6 is 0 Å². The van der Waals surface area contributed by atoms with Gasteiger partial charge in [-0.1, -0.05) is 60.7 Å². The van der Waals surface area contributed by atoms with Gasteiger partial charge in [0.15, 0.2) is 11.6 Å². The monoisotopic (exact) mass is 422 g/mol. The number of benzene rings is 3. The minimum Gasteiger partial charge on any atom is -0.289 e. The van der Waals surface area contributed by atoms with Crippen LogP contribution in [0.2, 0.25) is 0 Å². The van der Waals surface area contributed by atoms with Crippen molar-refractivity contribution in [2.45, 2.75) is 12.4 Å². The molecule has 0 atom stereocenters. The largest absolute Gasteiger partial charge is 0.417 e. The van der Waals surface area contributed by atoms with Gasteiger partial charge in [-0.3, -0.25) is 9.59 Å². The third-order valence-electron chi connectivity index (χ3n) is 4.37. The summed E-state index contributed by atoms with van der Waals surface area (Å²) in [7, 11) is 0. The number of carbonyl (C=O) groups is 2. The van der Waals surface area contributed by atoms with Gasteiger partial charge in [0, 0.05) is 22.3 Å². The number of hydrogen-bond donors (Lipinski definition) is 0. The summed E-state index contributed by atoms with van der Waals surface area (Å²) in [6.45, 7) is 0. The zero-order valence-corrected chi connectivity index (χ0v) is 15.0. The lowest BCUT2D eigenvalue weighted by molar-refractivity contribution is -0.138. The van der Waals surface area contributed by atoms with Crippen LogP contribution in [0.25, 0.3) is 0 Å². The number of alkyl halides is 6. The van der Waals surface area contributed by atoms with Gasteiger partial charge in [0.05, 0.1) is 11.1 Å². The molecule has 0 aromatic heterocycles. The SMILES string of the molecule is O=C(c1ccccc1C(=O)c1ccccc1C(F)(F)F)c1ccccc1C(F)(F)F. The molecule has 0 amide bonds. The van der Waals surface area contributed by atoms with Crippen molar-refractivity contribution in [2.24, 2.45) is 0 Å². The summed E-state index contributed by atoms with van der Waals surface area (Å²) in [6, 6.07) is 12.9. The molecule has 154 valence electrons. The summed E-state index contributed by atoms with van der Waals surface area (Å²) in [5, 5.41) is 0. The molecule has 0 saturated carbocycles. The maximum absolute atomic E-state index is 13.3. The molecular weight excluding hydrogens is 410 g/mol. The van der Waals surface area contributed by atoms with Crippen LogP contribution in [0.1, 0.15) is 43.0 Å². The van der Waals surface area contributed by atoms with Crippen LogP contribution in [-0.2, 0) is 12.4 Å². The third kappa shape index (κ3) is 4.12. The lowest BCUT2D eigenvalue weighted by atomic mass is 9.90. The number of rotatable bonds is 4. The summed E-state index contributed by atoms with van der Waals surface area (Å²) in [6.07, 6.45) is -9.65. The summed E-state index contributed by atoms with van der Waals surface area (Å²) in [5.41, 5.74) is -4.64. The van der Waals surface area contributed by atoms with Gasteiger partial charge in [0.2, 0.25) is 0 Å². The normalized spacial score (nSPS) is 11.9. The van der Waals surface area contributed by atoms with Gasteiger partial charge in [-0.15, -0.1) is 0 Å². The Morgan fingerprint density at radius 2 is 0.733 bits per heavy atom. The highest BCUT2D eigenvalue weighted by atomic mass is 19.4. The zero-order valence-electron chi connectivity index (χ0n) is 15.0. The fraction of sp³-hybridized carbons (Fsp3) is 0.0909. The van der Waals surface area contributed by atoms with E-state index < -0.39 is 57.3 Å². The van der Waals surface area contributed by atoms with E-state index in [4.69, 9.17) is 0 Å². The zero-order chi connectivity index (χ0) is 22.1. The van der Waals surface area contributed by atoms with Gasteiger partial charge in [-0.05, 0) is 12.1 Å². The van der Waals surface area contributed by atoms with E-state index in [1.54, 1.807) is 0 Å². The van der Waals surface area contributed by atoms with Crippen molar-refractivity contribution in [1.82, 2.24) is 0 Å². The van der Waals surface area contributed by atoms with E-state index in [1.807, 2.05) is 0 Å². The fourth-order valence-electron chi connectivity index (χ4n) is 3.03. The molecule has 0 aliphatic rings. The summed E-state index contributed by atoms with van der Waals surface area (Å²) < 4.78 is 79.7. The van der Waals surface area contributed by atoms with Crippen LogP contribution in [0, 0.1) is 0 Å². The maximum Gasteiger partial charge on any atom is 0.417 e. The average Bonchev–Trinajstić information content (AvgIpc) is 2.71. The molecule has 0 heterocycles. The van der Waals surface area contributed by atoms with E-state index >= 15 is 0 Å². The number of ketones is 2. The summed E-state index contributed by atoms with van der Waals surface area (Å²) in [5.74, 6) is -2.23. The molecule has 0 bridgehead atoms. The minimum absolute atomic E-state index is 0.420. The molecule has 0 N–H and O–H groups in total. The van der Waals surface area contributed by atoms with Crippen molar-refractivity contribution in [3.63, 3.8) is 0 Å². The predicted molar refractivity (Wildman–Crippen MR) is 96.2 cm³/mol. The van der Waals surface area contributed by atoms with Gasteiger partial charge in [-0.2, -0.15) is 26.3 Å². The van der Waals surface area contributed by atoms with Crippen molar-refractivity contribution in [2.75, 3.05) is 0 Å². The first-order chi connectivity index (χ1) is 14.0. The Kier molecular flexibility index (Phi) is 5.52. The van der Waals surface area contributed by atoms with E-state index in [0.29, 0.717) is 0 Å². The van der Waals surface area contributed by atoms with Gasteiger partial charge in [-0.25, -0.2) is 0 Å². The standard InChI is InChI=1S/C22H12F6O2/c23-21(24,25)17-11-5-3-9-15(17)19(29)13-7-1-2-8-14(13)20(30)16-10-4-6-12-18(16)22(26,27)28/h1-12H. The molecule has 0 unspecified atom stereocenters. The molecule has 3 aromatic rings. The fourth-order valence-corrected chi connectivity index (χ4v) is 3.03. The lowest BCUT2D eigenvalue weighted by Crippen LogP contribution is -2.18. The average molecular weight is 422 g/mol. The molecule has 3 rings (SSSR count). The second-order valence-corrected chi connectivity index (χ2v) is 6.29. The van der Waals surface area contributed by atoms with Gasteiger partial charge < -0.3 is 0 Å². The summed E-state index contributed by atoms with van der Waals surface area (Å²) >= 11 is 0. The van der Waals surface area contributed by atoms with Crippen molar-refractivity contribution in [1.29, 1.82) is 0 Å². The van der Waals surface area contributed by atoms with E-state index in [9.17, 15) is 35.9 Å². The highest BCUT2D eigenvalue weighted by molar-refractivity contribution is 6.20. The van der Waals surface area contributed by atoms with E-state index in [1.165, 1.54) is 24.3 Å². The van der Waals surface area contributed by atoms with Crippen LogP contribution in [0.15, 0.2) is 72.8 Å². The topological polar surface area (TPSA) is 34.1 Å². The molecule has 3 aromatic carbocycles. The van der Waals surface area contributed by atoms with E-state index in [2.05, 4.69) is 0 Å². The van der Waals surface area contributed by atoms with Crippen molar-refractivity contribution in [3.8, 4) is 0 Å². The molecule has 0 spiro atoms. The molecule has 8 heteroatoms. The van der Waals surface area contributed by atoms with Crippen molar-refractivity contribution < 1.29 is 35.9 Å². The van der Waals surface area contributed by atoms with E-state index in [0.717, 1.165) is 48.5 Å². The Morgan fingerprint density at radius 1 is 0.467 bits per heavy atom. The Balaban J connectivity index is 2.14. The molecule has 0 aliphatic heterocycles. The highest BCUT2D eigenvalue weighted by Gasteiger charge is 2.37. The molecule has 0 aliphatic carbocycles. The molecular formula is C22H12F6O2. The lowest BCUT2D eigenvalue weighted by Gasteiger charge is -2.15. The number of hydrogen-bond acceptors (Lipinski definition) is 2. The van der Waals surface area contributed by atoms with Crippen LogP contribution in [0.4, 0.5) is 26.3 Å². The number of halogens is 6. The minimum atomic E-state index is -4.83. The first-order valence-electron chi connectivity index (χ1n) is 8.52. The van der Waals surface area contributed by atoms with Crippen LogP contribution < -0.4 is 0 Å². The second kappa shape index (κ2) is 7.78. The first kappa shape index (κ1) is 21.3. The Bertz CT molecular complexity index is 1020. The molecule has 0 fully saturated rings.